The molecule has 2 rings (SSSR count). The van der Waals surface area contributed by atoms with Crippen LogP contribution in [0.4, 0.5) is 31.5 Å². The third kappa shape index (κ3) is 3.35. The van der Waals surface area contributed by atoms with E-state index in [0.717, 1.165) is 10.9 Å². The number of anilines is 1. The first-order chi connectivity index (χ1) is 9.98. The third-order valence-electron chi connectivity index (χ3n) is 2.23. The second-order valence-electron chi connectivity index (χ2n) is 3.93. The van der Waals surface area contributed by atoms with Crippen LogP contribution < -0.4 is 5.32 Å². The molecule has 1 amide bonds. The lowest BCUT2D eigenvalue weighted by Crippen LogP contribution is -2.17. The Bertz CT molecular complexity index is 702. The summed E-state index contributed by atoms with van der Waals surface area (Å²) in [5, 5.41) is 8.88. The van der Waals surface area contributed by atoms with Crippen molar-refractivity contribution in [3.63, 3.8) is 0 Å². The molecule has 0 fully saturated rings. The van der Waals surface area contributed by atoms with E-state index in [-0.39, 0.29) is 11.3 Å². The Balaban J connectivity index is 2.25. The predicted octanol–water partition coefficient (Wildman–Crippen LogP) is 2.56. The lowest BCUT2D eigenvalue weighted by molar-refractivity contribution is -0.141. The zero-order valence-corrected chi connectivity index (χ0v) is 11.3. The van der Waals surface area contributed by atoms with Gasteiger partial charge >= 0.3 is 12.4 Å². The maximum atomic E-state index is 12.7. The van der Waals surface area contributed by atoms with E-state index >= 15 is 0 Å². The highest BCUT2D eigenvalue weighted by Crippen LogP contribution is 2.34. The van der Waals surface area contributed by atoms with Crippen molar-refractivity contribution < 1.29 is 31.1 Å². The zero-order valence-electron chi connectivity index (χ0n) is 10.5. The summed E-state index contributed by atoms with van der Waals surface area (Å²) in [5.41, 5.74) is -2.29. The highest BCUT2D eigenvalue weighted by Gasteiger charge is 2.39. The highest BCUT2D eigenvalue weighted by atomic mass is 32.1. The van der Waals surface area contributed by atoms with Crippen molar-refractivity contribution in [2.75, 3.05) is 5.32 Å². The van der Waals surface area contributed by atoms with Gasteiger partial charge < -0.3 is 0 Å². The Morgan fingerprint density at radius 2 is 1.82 bits per heavy atom. The second-order valence-corrected chi connectivity index (χ2v) is 4.90. The monoisotopic (exact) mass is 345 g/mol. The summed E-state index contributed by atoms with van der Waals surface area (Å²) in [6.45, 7) is 0. The largest absolute Gasteiger partial charge is 0.445 e. The molecule has 0 unspecified atom stereocenters. The molecule has 2 aromatic rings. The first kappa shape index (κ1) is 16.2. The van der Waals surface area contributed by atoms with E-state index < -0.39 is 39.7 Å². The first-order valence-electron chi connectivity index (χ1n) is 5.31. The molecule has 0 saturated carbocycles. The molecular weight excluding hydrogens is 340 g/mol. The van der Waals surface area contributed by atoms with Gasteiger partial charge in [0.1, 0.15) is 0 Å². The second kappa shape index (κ2) is 5.23. The van der Waals surface area contributed by atoms with Gasteiger partial charge in [-0.2, -0.15) is 31.4 Å². The van der Waals surface area contributed by atoms with Crippen molar-refractivity contribution in [1.82, 2.24) is 20.0 Å². The summed E-state index contributed by atoms with van der Waals surface area (Å²) >= 11 is -0.00466. The van der Waals surface area contributed by atoms with Crippen LogP contribution in [-0.2, 0) is 19.4 Å². The summed E-state index contributed by atoms with van der Waals surface area (Å²) in [6.07, 6.45) is -8.85. The number of alkyl halides is 6. The molecule has 1 N–H and O–H groups in total. The molecule has 0 radical (unpaired) electrons. The molecule has 6 nitrogen and oxygen atoms in total. The fourth-order valence-electron chi connectivity index (χ4n) is 1.42. The Morgan fingerprint density at radius 3 is 2.32 bits per heavy atom. The first-order valence-corrected chi connectivity index (χ1v) is 6.13. The van der Waals surface area contributed by atoms with E-state index in [1.807, 2.05) is 5.32 Å². The molecule has 0 spiro atoms. The number of hydrogen-bond acceptors (Lipinski definition) is 5. The minimum absolute atomic E-state index is 0.00466. The van der Waals surface area contributed by atoms with Crippen molar-refractivity contribution >= 4 is 22.4 Å². The number of halogens is 6. The zero-order chi connectivity index (χ0) is 16.7. The van der Waals surface area contributed by atoms with E-state index in [1.54, 1.807) is 0 Å². The molecule has 0 aliphatic carbocycles. The summed E-state index contributed by atoms with van der Waals surface area (Å²) in [6, 6.07) is 0. The SMILES string of the molecule is Cn1cc(C(=O)Nc2nnc(C(F)(F)F)s2)c(C(F)(F)F)n1. The van der Waals surface area contributed by atoms with Gasteiger partial charge in [0.15, 0.2) is 5.69 Å². The number of carbonyl (C=O) groups is 1. The minimum atomic E-state index is -4.88. The molecule has 0 saturated heterocycles. The van der Waals surface area contributed by atoms with Gasteiger partial charge in [-0.3, -0.25) is 14.8 Å². The minimum Gasteiger partial charge on any atom is -0.296 e. The van der Waals surface area contributed by atoms with Crippen LogP contribution in [0.25, 0.3) is 0 Å². The van der Waals surface area contributed by atoms with Crippen molar-refractivity contribution in [3.8, 4) is 0 Å². The number of aryl methyl sites for hydroxylation is 1. The maximum absolute atomic E-state index is 12.7. The molecule has 120 valence electrons. The molecule has 0 bridgehead atoms. The van der Waals surface area contributed by atoms with E-state index in [2.05, 4.69) is 15.3 Å². The Labute approximate surface area is 121 Å². The molecule has 13 heteroatoms. The molecule has 0 aromatic carbocycles. The van der Waals surface area contributed by atoms with Crippen molar-refractivity contribution in [2.45, 2.75) is 12.4 Å². The van der Waals surface area contributed by atoms with Crippen molar-refractivity contribution in [2.24, 2.45) is 7.05 Å². The van der Waals surface area contributed by atoms with Crippen LogP contribution in [0.1, 0.15) is 21.1 Å². The number of nitrogens with zero attached hydrogens (tertiary/aromatic N) is 4. The lowest BCUT2D eigenvalue weighted by Gasteiger charge is -2.05. The molecule has 22 heavy (non-hydrogen) atoms. The average molecular weight is 345 g/mol. The van der Waals surface area contributed by atoms with Crippen molar-refractivity contribution in [3.05, 3.63) is 22.5 Å². The van der Waals surface area contributed by atoms with Crippen LogP contribution >= 0.6 is 11.3 Å². The van der Waals surface area contributed by atoms with Gasteiger partial charge in [0.05, 0.1) is 5.56 Å². The number of hydrogen-bond donors (Lipinski definition) is 1. The third-order valence-corrected chi connectivity index (χ3v) is 3.11. The van der Waals surface area contributed by atoms with Gasteiger partial charge in [0, 0.05) is 13.2 Å². The maximum Gasteiger partial charge on any atom is 0.445 e. The molecule has 2 heterocycles. The van der Waals surface area contributed by atoms with Gasteiger partial charge in [-0.1, -0.05) is 11.3 Å². The number of aromatic nitrogens is 4. The Kier molecular flexibility index (Phi) is 3.85. The topological polar surface area (TPSA) is 72.7 Å². The lowest BCUT2D eigenvalue weighted by atomic mass is 10.2. The molecule has 0 aliphatic rings. The summed E-state index contributed by atoms with van der Waals surface area (Å²) in [5.74, 6) is -1.29. The molecule has 0 aliphatic heterocycles. The smallest absolute Gasteiger partial charge is 0.296 e. The highest BCUT2D eigenvalue weighted by molar-refractivity contribution is 7.15. The molecule has 0 atom stereocenters. The van der Waals surface area contributed by atoms with Gasteiger partial charge in [0.25, 0.3) is 5.91 Å². The summed E-state index contributed by atoms with van der Waals surface area (Å²) < 4.78 is 75.8. The molecular formula is C9H5F6N5OS. The van der Waals surface area contributed by atoms with Gasteiger partial charge in [-0.15, -0.1) is 10.2 Å². The number of nitrogens with one attached hydrogen (secondary N) is 1. The van der Waals surface area contributed by atoms with Gasteiger partial charge in [0.2, 0.25) is 10.1 Å². The van der Waals surface area contributed by atoms with E-state index in [0.29, 0.717) is 0 Å². The fraction of sp³-hybridized carbons (Fsp3) is 0.333. The van der Waals surface area contributed by atoms with Gasteiger partial charge in [-0.25, -0.2) is 0 Å². The Morgan fingerprint density at radius 1 is 1.18 bits per heavy atom. The number of carbonyl (C=O) groups excluding carboxylic acids is 1. The van der Waals surface area contributed by atoms with Crippen LogP contribution in [0, 0.1) is 0 Å². The van der Waals surface area contributed by atoms with Gasteiger partial charge in [-0.05, 0) is 0 Å². The van der Waals surface area contributed by atoms with Crippen LogP contribution in [-0.4, -0.2) is 25.9 Å². The normalized spacial score (nSPS) is 12.5. The Hall–Kier alpha value is -2.18. The summed E-state index contributed by atoms with van der Waals surface area (Å²) in [7, 11) is 1.17. The van der Waals surface area contributed by atoms with E-state index in [1.165, 1.54) is 7.05 Å². The fourth-order valence-corrected chi connectivity index (χ4v) is 2.02. The van der Waals surface area contributed by atoms with Crippen LogP contribution in [0.2, 0.25) is 0 Å². The quantitative estimate of drug-likeness (QED) is 0.849. The van der Waals surface area contributed by atoms with E-state index in [4.69, 9.17) is 0 Å². The predicted molar refractivity (Wildman–Crippen MR) is 61.1 cm³/mol. The average Bonchev–Trinajstić information content (AvgIpc) is 2.93. The van der Waals surface area contributed by atoms with Crippen LogP contribution in [0.3, 0.4) is 0 Å². The van der Waals surface area contributed by atoms with Crippen LogP contribution in [0.5, 0.6) is 0 Å². The van der Waals surface area contributed by atoms with Crippen molar-refractivity contribution in [1.29, 1.82) is 0 Å². The number of rotatable bonds is 2. The standard InChI is InChI=1S/C9H5F6N5OS/c1-20-2-3(4(19-20)8(10,11)12)5(21)16-7-18-17-6(22-7)9(13,14)15/h2H,1H3,(H,16,18,21). The van der Waals surface area contributed by atoms with Crippen LogP contribution in [0.15, 0.2) is 6.20 Å². The molecule has 2 aromatic heterocycles. The van der Waals surface area contributed by atoms with E-state index in [9.17, 15) is 31.1 Å². The number of amides is 1. The summed E-state index contributed by atoms with van der Waals surface area (Å²) in [4.78, 5) is 11.7.